The predicted octanol–water partition coefficient (Wildman–Crippen LogP) is 1.58. The number of nitrogens with one attached hydrogen (secondary N) is 2. The number of nitrogens with zero attached hydrogens (tertiary/aromatic N) is 4. The Hall–Kier alpha value is -1.95. The van der Waals surface area contributed by atoms with Gasteiger partial charge in [0.25, 0.3) is 0 Å². The van der Waals surface area contributed by atoms with Crippen LogP contribution in [0.2, 0.25) is 0 Å². The van der Waals surface area contributed by atoms with Crippen molar-refractivity contribution in [2.24, 2.45) is 5.92 Å². The summed E-state index contributed by atoms with van der Waals surface area (Å²) in [6, 6.07) is 1.82. The molecule has 2 aromatic rings. The van der Waals surface area contributed by atoms with Crippen LogP contribution in [0, 0.1) is 5.92 Å². The van der Waals surface area contributed by atoms with Crippen LogP contribution in [0.5, 0.6) is 0 Å². The average Bonchev–Trinajstić information content (AvgIpc) is 3.24. The lowest BCUT2D eigenvalue weighted by Crippen LogP contribution is -2.32. The van der Waals surface area contributed by atoms with Crippen molar-refractivity contribution < 1.29 is 0 Å². The molecule has 4 rings (SSSR count). The maximum Gasteiger partial charge on any atom is 0.222 e. The van der Waals surface area contributed by atoms with E-state index in [-0.39, 0.29) is 0 Å². The third-order valence-corrected chi connectivity index (χ3v) is 4.29. The minimum atomic E-state index is 0.653. The van der Waals surface area contributed by atoms with Gasteiger partial charge in [-0.1, -0.05) is 0 Å². The Labute approximate surface area is 124 Å². The number of aromatic amines is 1. The van der Waals surface area contributed by atoms with Crippen molar-refractivity contribution in [2.45, 2.75) is 32.4 Å². The average molecular weight is 284 g/mol. The summed E-state index contributed by atoms with van der Waals surface area (Å²) in [5.74, 6) is 1.60. The van der Waals surface area contributed by atoms with Crippen LogP contribution in [0.4, 0.5) is 5.95 Å². The minimum Gasteiger partial charge on any atom is -0.348 e. The van der Waals surface area contributed by atoms with E-state index in [1.54, 1.807) is 12.4 Å². The summed E-state index contributed by atoms with van der Waals surface area (Å²) in [5.41, 5.74) is 3.77. The molecule has 0 bridgehead atoms. The lowest BCUT2D eigenvalue weighted by Gasteiger charge is -2.26. The maximum atomic E-state index is 4.47. The van der Waals surface area contributed by atoms with E-state index < -0.39 is 0 Å². The molecule has 2 aliphatic rings. The molecule has 0 radical (unpaired) electrons. The molecule has 3 heterocycles. The van der Waals surface area contributed by atoms with Gasteiger partial charge in [-0.05, 0) is 31.2 Å². The van der Waals surface area contributed by atoms with Crippen molar-refractivity contribution in [3.8, 4) is 0 Å². The summed E-state index contributed by atoms with van der Waals surface area (Å²) >= 11 is 0. The highest BCUT2D eigenvalue weighted by molar-refractivity contribution is 5.31. The van der Waals surface area contributed by atoms with E-state index in [1.807, 2.05) is 6.07 Å². The largest absolute Gasteiger partial charge is 0.348 e. The molecular weight excluding hydrogens is 264 g/mol. The summed E-state index contributed by atoms with van der Waals surface area (Å²) in [6.07, 6.45) is 7.40. The first-order chi connectivity index (χ1) is 10.4. The number of hydrogen-bond donors (Lipinski definition) is 2. The maximum absolute atomic E-state index is 4.47. The summed E-state index contributed by atoms with van der Waals surface area (Å²) in [5, 5.41) is 10.9. The van der Waals surface area contributed by atoms with Gasteiger partial charge in [-0.25, -0.2) is 9.97 Å². The molecular formula is C15H20N6. The molecule has 0 unspecified atom stereocenters. The van der Waals surface area contributed by atoms with E-state index in [4.69, 9.17) is 0 Å². The standard InChI is InChI=1S/C15H20N6/c1-5-16-15(17-6-1)18-8-13-12-4-7-21(9-11-2-3-11)10-14(12)20-19-13/h1,5-6,11H,2-4,7-10H2,(H,19,20)(H,16,17,18). The molecule has 21 heavy (non-hydrogen) atoms. The molecule has 110 valence electrons. The highest BCUT2D eigenvalue weighted by Crippen LogP contribution is 2.31. The molecule has 1 aliphatic heterocycles. The van der Waals surface area contributed by atoms with E-state index in [1.165, 1.54) is 30.6 Å². The normalized spacial score (nSPS) is 18.5. The smallest absolute Gasteiger partial charge is 0.222 e. The van der Waals surface area contributed by atoms with Gasteiger partial charge in [0, 0.05) is 37.6 Å². The first-order valence-electron chi connectivity index (χ1n) is 7.67. The number of hydrogen-bond acceptors (Lipinski definition) is 5. The molecule has 0 spiro atoms. The minimum absolute atomic E-state index is 0.653. The zero-order valence-corrected chi connectivity index (χ0v) is 12.0. The van der Waals surface area contributed by atoms with Gasteiger partial charge in [-0.15, -0.1) is 0 Å². The van der Waals surface area contributed by atoms with Gasteiger partial charge >= 0.3 is 0 Å². The van der Waals surface area contributed by atoms with Crippen molar-refractivity contribution in [3.05, 3.63) is 35.4 Å². The number of H-pyrrole nitrogens is 1. The molecule has 0 amide bonds. The van der Waals surface area contributed by atoms with Gasteiger partial charge in [0.2, 0.25) is 5.95 Å². The van der Waals surface area contributed by atoms with Crippen molar-refractivity contribution in [1.29, 1.82) is 0 Å². The molecule has 1 saturated carbocycles. The molecule has 6 heteroatoms. The second-order valence-corrected chi connectivity index (χ2v) is 5.98. The summed E-state index contributed by atoms with van der Waals surface area (Å²) in [7, 11) is 0. The quantitative estimate of drug-likeness (QED) is 0.872. The third kappa shape index (κ3) is 2.90. The number of anilines is 1. The zero-order chi connectivity index (χ0) is 14.1. The molecule has 6 nitrogen and oxygen atoms in total. The Morgan fingerprint density at radius 2 is 2.14 bits per heavy atom. The summed E-state index contributed by atoms with van der Waals surface area (Å²) in [4.78, 5) is 10.9. The van der Waals surface area contributed by atoms with Gasteiger partial charge < -0.3 is 5.32 Å². The van der Waals surface area contributed by atoms with Crippen LogP contribution in [-0.4, -0.2) is 38.2 Å². The van der Waals surface area contributed by atoms with Gasteiger partial charge in [0.1, 0.15) is 0 Å². The second-order valence-electron chi connectivity index (χ2n) is 5.98. The van der Waals surface area contributed by atoms with E-state index in [9.17, 15) is 0 Å². The summed E-state index contributed by atoms with van der Waals surface area (Å²) < 4.78 is 0. The van der Waals surface area contributed by atoms with Crippen LogP contribution in [0.25, 0.3) is 0 Å². The van der Waals surface area contributed by atoms with Crippen LogP contribution in [0.3, 0.4) is 0 Å². The first kappa shape index (κ1) is 12.8. The van der Waals surface area contributed by atoms with Crippen LogP contribution in [0.15, 0.2) is 18.5 Å². The fourth-order valence-corrected chi connectivity index (χ4v) is 2.96. The van der Waals surface area contributed by atoms with Crippen molar-refractivity contribution in [1.82, 2.24) is 25.1 Å². The molecule has 0 atom stereocenters. The Balaban J connectivity index is 1.40. The fraction of sp³-hybridized carbons (Fsp3) is 0.533. The molecule has 2 aromatic heterocycles. The topological polar surface area (TPSA) is 69.7 Å². The monoisotopic (exact) mass is 284 g/mol. The van der Waals surface area contributed by atoms with E-state index in [0.29, 0.717) is 12.5 Å². The Morgan fingerprint density at radius 3 is 2.95 bits per heavy atom. The van der Waals surface area contributed by atoms with E-state index in [2.05, 4.69) is 30.4 Å². The molecule has 0 aromatic carbocycles. The fourth-order valence-electron chi connectivity index (χ4n) is 2.96. The SMILES string of the molecule is c1cnc(NCc2n[nH]c3c2CCN(CC2CC2)C3)nc1. The Kier molecular flexibility index (Phi) is 3.31. The lowest BCUT2D eigenvalue weighted by molar-refractivity contribution is 0.241. The molecule has 2 N–H and O–H groups in total. The molecule has 1 fully saturated rings. The van der Waals surface area contributed by atoms with Crippen LogP contribution >= 0.6 is 0 Å². The van der Waals surface area contributed by atoms with E-state index in [0.717, 1.165) is 31.1 Å². The number of rotatable bonds is 5. The number of aromatic nitrogens is 4. The predicted molar refractivity (Wildman–Crippen MR) is 79.7 cm³/mol. The van der Waals surface area contributed by atoms with Crippen molar-refractivity contribution in [2.75, 3.05) is 18.4 Å². The highest BCUT2D eigenvalue weighted by Gasteiger charge is 2.27. The van der Waals surface area contributed by atoms with Crippen molar-refractivity contribution >= 4 is 5.95 Å². The van der Waals surface area contributed by atoms with Crippen molar-refractivity contribution in [3.63, 3.8) is 0 Å². The third-order valence-electron chi connectivity index (χ3n) is 4.29. The molecule has 0 saturated heterocycles. The van der Waals surface area contributed by atoms with Crippen LogP contribution in [-0.2, 0) is 19.5 Å². The van der Waals surface area contributed by atoms with Gasteiger partial charge in [0.05, 0.1) is 17.9 Å². The van der Waals surface area contributed by atoms with Crippen LogP contribution < -0.4 is 5.32 Å². The Bertz CT molecular complexity index is 604. The Morgan fingerprint density at radius 1 is 1.29 bits per heavy atom. The van der Waals surface area contributed by atoms with Gasteiger partial charge in [-0.2, -0.15) is 5.10 Å². The highest BCUT2D eigenvalue weighted by atomic mass is 15.2. The lowest BCUT2D eigenvalue weighted by atomic mass is 10.0. The number of fused-ring (bicyclic) bond motifs is 1. The second kappa shape index (κ2) is 5.44. The van der Waals surface area contributed by atoms with Gasteiger partial charge in [-0.3, -0.25) is 10.00 Å². The van der Waals surface area contributed by atoms with Gasteiger partial charge in [0.15, 0.2) is 0 Å². The molecule has 1 aliphatic carbocycles. The first-order valence-corrected chi connectivity index (χ1v) is 7.67. The van der Waals surface area contributed by atoms with Crippen LogP contribution in [0.1, 0.15) is 29.8 Å². The summed E-state index contributed by atoms with van der Waals surface area (Å²) in [6.45, 7) is 4.10. The zero-order valence-electron chi connectivity index (χ0n) is 12.0. The van der Waals surface area contributed by atoms with E-state index >= 15 is 0 Å².